The smallest absolute Gasteiger partial charge is 0.267 e. The molecule has 1 N–H and O–H groups in total. The van der Waals surface area contributed by atoms with E-state index < -0.39 is 5.91 Å². The molecule has 4 rings (SSSR count). The summed E-state index contributed by atoms with van der Waals surface area (Å²) >= 11 is 0. The van der Waals surface area contributed by atoms with Gasteiger partial charge in [0.25, 0.3) is 11.5 Å². The molecule has 8 heteroatoms. The molecule has 2 aromatic heterocycles. The quantitative estimate of drug-likeness (QED) is 0.206. The van der Waals surface area contributed by atoms with Crippen molar-refractivity contribution in [3.8, 4) is 6.07 Å². The third-order valence-electron chi connectivity index (χ3n) is 5.73. The number of benzene rings is 2. The van der Waals surface area contributed by atoms with Crippen LogP contribution in [0.25, 0.3) is 11.7 Å². The minimum absolute atomic E-state index is 0.161. The lowest BCUT2D eigenvalue weighted by Gasteiger charge is -2.26. The first kappa shape index (κ1) is 25.4. The van der Waals surface area contributed by atoms with Gasteiger partial charge in [-0.2, -0.15) is 5.26 Å². The highest BCUT2D eigenvalue weighted by Gasteiger charge is 2.20. The summed E-state index contributed by atoms with van der Waals surface area (Å²) in [6.07, 6.45) is 2.95. The molecule has 0 fully saturated rings. The summed E-state index contributed by atoms with van der Waals surface area (Å²) in [6.45, 7) is 1.48. The number of rotatable bonds is 10. The first-order valence-corrected chi connectivity index (χ1v) is 11.8. The predicted octanol–water partition coefficient (Wildman–Crippen LogP) is 3.57. The summed E-state index contributed by atoms with van der Waals surface area (Å²) < 4.78 is 6.38. The zero-order valence-electron chi connectivity index (χ0n) is 20.5. The average molecular weight is 494 g/mol. The Labute approximate surface area is 215 Å². The summed E-state index contributed by atoms with van der Waals surface area (Å²) in [5, 5.41) is 12.4. The Balaban J connectivity index is 1.87. The maximum atomic E-state index is 13.7. The molecule has 2 aromatic carbocycles. The molecule has 1 amide bonds. The SMILES string of the molecule is COCCNC(=O)/C(C#N)=C/c1c(N(Cc2ccccc2)Cc2ccccc2)nc2ccccn2c1=O. The fraction of sp³-hybridized carbons (Fsp3) is 0.172. The number of ether oxygens (including phenoxy) is 1. The van der Waals surface area contributed by atoms with E-state index in [2.05, 4.69) is 5.32 Å². The molecule has 0 radical (unpaired) electrons. The Hall–Kier alpha value is -4.74. The van der Waals surface area contributed by atoms with E-state index in [1.807, 2.05) is 77.7 Å². The molecule has 0 spiro atoms. The van der Waals surface area contributed by atoms with E-state index in [-0.39, 0.29) is 23.2 Å². The lowest BCUT2D eigenvalue weighted by Crippen LogP contribution is -2.30. The average Bonchev–Trinajstić information content (AvgIpc) is 2.93. The number of nitrogens with zero attached hydrogens (tertiary/aromatic N) is 4. The molecule has 2 heterocycles. The lowest BCUT2D eigenvalue weighted by atomic mass is 10.1. The maximum absolute atomic E-state index is 13.7. The molecule has 4 aromatic rings. The molecule has 0 saturated heterocycles. The Morgan fingerprint density at radius 3 is 2.24 bits per heavy atom. The van der Waals surface area contributed by atoms with Gasteiger partial charge in [0.15, 0.2) is 0 Å². The van der Waals surface area contributed by atoms with Crippen molar-refractivity contribution >= 4 is 23.4 Å². The van der Waals surface area contributed by atoms with Crippen LogP contribution >= 0.6 is 0 Å². The number of nitrogens with one attached hydrogen (secondary N) is 1. The van der Waals surface area contributed by atoms with Crippen LogP contribution in [-0.2, 0) is 22.6 Å². The standard InChI is InChI=1S/C29H27N5O3/c1-37-17-15-31-28(35)24(19-30)18-25-27(32-26-14-8-9-16-34(26)29(25)36)33(20-22-10-4-2-5-11-22)21-23-12-6-3-7-13-23/h2-14,16,18H,15,17,20-21H2,1H3,(H,31,35)/b24-18+. The molecule has 0 bridgehead atoms. The van der Waals surface area contributed by atoms with Crippen molar-refractivity contribution in [3.63, 3.8) is 0 Å². The molecule has 0 atom stereocenters. The molecule has 0 saturated carbocycles. The van der Waals surface area contributed by atoms with E-state index in [0.29, 0.717) is 31.2 Å². The molecular formula is C29H27N5O3. The fourth-order valence-corrected chi connectivity index (χ4v) is 3.93. The van der Waals surface area contributed by atoms with Crippen LogP contribution in [-0.4, -0.2) is 35.6 Å². The third-order valence-corrected chi connectivity index (χ3v) is 5.73. The van der Waals surface area contributed by atoms with Gasteiger partial charge in [-0.05, 0) is 29.3 Å². The predicted molar refractivity (Wildman–Crippen MR) is 143 cm³/mol. The highest BCUT2D eigenvalue weighted by molar-refractivity contribution is 6.02. The molecular weight excluding hydrogens is 466 g/mol. The topological polar surface area (TPSA) is 99.7 Å². The van der Waals surface area contributed by atoms with E-state index >= 15 is 0 Å². The Kier molecular flexibility index (Phi) is 8.42. The molecule has 0 unspecified atom stereocenters. The van der Waals surface area contributed by atoms with Crippen LogP contribution in [0.15, 0.2) is 95.4 Å². The van der Waals surface area contributed by atoms with E-state index in [9.17, 15) is 14.9 Å². The largest absolute Gasteiger partial charge is 0.383 e. The Morgan fingerprint density at radius 1 is 1.03 bits per heavy atom. The van der Waals surface area contributed by atoms with Crippen molar-refractivity contribution in [2.24, 2.45) is 0 Å². The highest BCUT2D eigenvalue weighted by Crippen LogP contribution is 2.24. The minimum atomic E-state index is -0.583. The number of pyridine rings is 1. The number of anilines is 1. The zero-order chi connectivity index (χ0) is 26.0. The van der Waals surface area contributed by atoms with Crippen LogP contribution in [0.4, 0.5) is 5.82 Å². The van der Waals surface area contributed by atoms with Gasteiger partial charge in [-0.15, -0.1) is 0 Å². The van der Waals surface area contributed by atoms with Crippen LogP contribution in [0, 0.1) is 11.3 Å². The molecule has 0 aliphatic rings. The number of carbonyl (C=O) groups is 1. The maximum Gasteiger partial charge on any atom is 0.267 e. The van der Waals surface area contributed by atoms with Gasteiger partial charge < -0.3 is 15.0 Å². The van der Waals surface area contributed by atoms with Gasteiger partial charge in [0, 0.05) is 32.9 Å². The second-order valence-electron chi connectivity index (χ2n) is 8.33. The van der Waals surface area contributed by atoms with Crippen LogP contribution in [0.3, 0.4) is 0 Å². The Bertz CT molecular complexity index is 1450. The summed E-state index contributed by atoms with van der Waals surface area (Å²) in [5.41, 5.74) is 2.13. The fourth-order valence-electron chi connectivity index (χ4n) is 3.93. The van der Waals surface area contributed by atoms with E-state index in [1.165, 1.54) is 17.6 Å². The molecule has 186 valence electrons. The summed E-state index contributed by atoms with van der Waals surface area (Å²) in [5.74, 6) is -0.193. The van der Waals surface area contributed by atoms with Crippen LogP contribution < -0.4 is 15.8 Å². The van der Waals surface area contributed by atoms with Crippen molar-refractivity contribution in [1.82, 2.24) is 14.7 Å². The van der Waals surface area contributed by atoms with E-state index in [4.69, 9.17) is 9.72 Å². The van der Waals surface area contributed by atoms with Crippen LogP contribution in [0.2, 0.25) is 0 Å². The van der Waals surface area contributed by atoms with Crippen molar-refractivity contribution in [2.75, 3.05) is 25.2 Å². The number of carbonyl (C=O) groups excluding carboxylic acids is 1. The zero-order valence-corrected chi connectivity index (χ0v) is 20.5. The van der Waals surface area contributed by atoms with Crippen molar-refractivity contribution < 1.29 is 9.53 Å². The lowest BCUT2D eigenvalue weighted by molar-refractivity contribution is -0.117. The first-order chi connectivity index (χ1) is 18.1. The van der Waals surface area contributed by atoms with Crippen molar-refractivity contribution in [3.05, 3.63) is 118 Å². The van der Waals surface area contributed by atoms with Gasteiger partial charge in [-0.25, -0.2) is 4.98 Å². The number of amides is 1. The second kappa shape index (κ2) is 12.3. The number of hydrogen-bond acceptors (Lipinski definition) is 6. The summed E-state index contributed by atoms with van der Waals surface area (Å²) in [4.78, 5) is 33.2. The molecule has 37 heavy (non-hydrogen) atoms. The third kappa shape index (κ3) is 6.28. The van der Waals surface area contributed by atoms with E-state index in [0.717, 1.165) is 11.1 Å². The number of nitriles is 1. The van der Waals surface area contributed by atoms with Crippen molar-refractivity contribution in [2.45, 2.75) is 13.1 Å². The van der Waals surface area contributed by atoms with Gasteiger partial charge in [-0.3, -0.25) is 14.0 Å². The van der Waals surface area contributed by atoms with Gasteiger partial charge in [-0.1, -0.05) is 66.7 Å². The molecule has 0 aliphatic carbocycles. The second-order valence-corrected chi connectivity index (χ2v) is 8.33. The highest BCUT2D eigenvalue weighted by atomic mass is 16.5. The summed E-state index contributed by atoms with van der Waals surface area (Å²) in [7, 11) is 1.52. The molecule has 0 aliphatic heterocycles. The van der Waals surface area contributed by atoms with Crippen LogP contribution in [0.1, 0.15) is 16.7 Å². The first-order valence-electron chi connectivity index (χ1n) is 11.8. The number of methoxy groups -OCH3 is 1. The number of fused-ring (bicyclic) bond motifs is 1. The monoisotopic (exact) mass is 493 g/mol. The van der Waals surface area contributed by atoms with Crippen LogP contribution in [0.5, 0.6) is 0 Å². The van der Waals surface area contributed by atoms with Gasteiger partial charge >= 0.3 is 0 Å². The number of hydrogen-bond donors (Lipinski definition) is 1. The Morgan fingerprint density at radius 2 is 1.65 bits per heavy atom. The van der Waals surface area contributed by atoms with Gasteiger partial charge in [0.05, 0.1) is 12.2 Å². The normalized spacial score (nSPS) is 11.2. The van der Waals surface area contributed by atoms with Gasteiger partial charge in [0.1, 0.15) is 23.1 Å². The summed E-state index contributed by atoms with van der Waals surface area (Å²) in [6, 6.07) is 27.0. The number of aromatic nitrogens is 2. The van der Waals surface area contributed by atoms with E-state index in [1.54, 1.807) is 18.3 Å². The minimum Gasteiger partial charge on any atom is -0.383 e. The van der Waals surface area contributed by atoms with Crippen molar-refractivity contribution in [1.29, 1.82) is 5.26 Å². The molecule has 8 nitrogen and oxygen atoms in total. The van der Waals surface area contributed by atoms with Gasteiger partial charge in [0.2, 0.25) is 0 Å².